The van der Waals surface area contributed by atoms with Gasteiger partial charge in [-0.3, -0.25) is 9.98 Å². The van der Waals surface area contributed by atoms with Crippen LogP contribution < -0.4 is 0 Å². The number of rotatable bonds is 6. The Balaban J connectivity index is 0. The number of phenolic OH excluding ortho intramolecular Hbond substituents is 2. The standard InChI is InChI=1S/C19H31NO.C13H19NO.CH3.Zr/c1-8-14(4)20-12-16-10-15(9-13(2)3)11-17(18(16)21)19(5,6)7;1-9-6-10(8-14-5)12(15)11(7-9)13(2,3)4;;/h10-14,21H,8-9H2,1-7H3;6-8,15H,1-5H3;1H3;/q;;-1;. The Morgan fingerprint density at radius 1 is 0.816 bits per heavy atom. The van der Waals surface area contributed by atoms with E-state index in [-0.39, 0.29) is 50.5 Å². The van der Waals surface area contributed by atoms with E-state index in [0.717, 1.165) is 40.7 Å². The van der Waals surface area contributed by atoms with E-state index in [2.05, 4.69) is 91.4 Å². The summed E-state index contributed by atoms with van der Waals surface area (Å²) in [5, 5.41) is 20.7. The number of aliphatic imine (C=N–C) groups is 2. The molecule has 0 aliphatic heterocycles. The molecule has 1 unspecified atom stereocenters. The fraction of sp³-hybridized carbons (Fsp3) is 0.545. The van der Waals surface area contributed by atoms with Gasteiger partial charge in [0.15, 0.2) is 0 Å². The van der Waals surface area contributed by atoms with Crippen molar-refractivity contribution in [1.29, 1.82) is 0 Å². The zero-order chi connectivity index (χ0) is 27.8. The maximum atomic E-state index is 10.6. The van der Waals surface area contributed by atoms with Gasteiger partial charge in [-0.15, -0.1) is 0 Å². The molecule has 0 spiro atoms. The minimum absolute atomic E-state index is 0. The van der Waals surface area contributed by atoms with Crippen LogP contribution in [0, 0.1) is 20.3 Å². The number of hydrogen-bond donors (Lipinski definition) is 2. The van der Waals surface area contributed by atoms with Crippen molar-refractivity contribution in [2.24, 2.45) is 15.9 Å². The number of aryl methyl sites for hydroxylation is 1. The molecule has 0 saturated heterocycles. The first-order valence-electron chi connectivity index (χ1n) is 13.2. The van der Waals surface area contributed by atoms with Gasteiger partial charge in [-0.2, -0.15) is 0 Å². The zero-order valence-electron chi connectivity index (χ0n) is 26.3. The average Bonchev–Trinajstić information content (AvgIpc) is 2.74. The Kier molecular flexibility index (Phi) is 16.6. The first-order valence-corrected chi connectivity index (χ1v) is 13.2. The molecule has 38 heavy (non-hydrogen) atoms. The summed E-state index contributed by atoms with van der Waals surface area (Å²) in [7, 11) is 1.71. The summed E-state index contributed by atoms with van der Waals surface area (Å²) < 4.78 is 0. The maximum absolute atomic E-state index is 10.6. The van der Waals surface area contributed by atoms with Crippen LogP contribution in [0.5, 0.6) is 11.5 Å². The maximum Gasteiger partial charge on any atom is 0.128 e. The summed E-state index contributed by atoms with van der Waals surface area (Å²) in [4.78, 5) is 8.48. The summed E-state index contributed by atoms with van der Waals surface area (Å²) in [6.07, 6.45) is 5.56. The van der Waals surface area contributed by atoms with Gasteiger partial charge in [-0.05, 0) is 66.7 Å². The van der Waals surface area contributed by atoms with E-state index in [4.69, 9.17) is 0 Å². The van der Waals surface area contributed by atoms with Crippen LogP contribution in [-0.2, 0) is 43.5 Å². The van der Waals surface area contributed by atoms with Gasteiger partial charge >= 0.3 is 0 Å². The molecule has 1 atom stereocenters. The molecular weight excluding hydrogens is 548 g/mol. The summed E-state index contributed by atoms with van der Waals surface area (Å²) in [6.45, 7) is 23.4. The van der Waals surface area contributed by atoms with Crippen LogP contribution in [0.25, 0.3) is 0 Å². The smallest absolute Gasteiger partial charge is 0.128 e. The number of hydrogen-bond acceptors (Lipinski definition) is 4. The fourth-order valence-electron chi connectivity index (χ4n) is 3.91. The zero-order valence-corrected chi connectivity index (χ0v) is 28.8. The molecule has 2 aromatic rings. The third-order valence-electron chi connectivity index (χ3n) is 6.07. The molecule has 0 saturated carbocycles. The van der Waals surface area contributed by atoms with Crippen LogP contribution in [-0.4, -0.2) is 35.7 Å². The first-order chi connectivity index (χ1) is 16.5. The van der Waals surface area contributed by atoms with Gasteiger partial charge in [0.25, 0.3) is 0 Å². The van der Waals surface area contributed by atoms with Crippen LogP contribution in [0.3, 0.4) is 0 Å². The van der Waals surface area contributed by atoms with Gasteiger partial charge in [0, 0.05) is 74.0 Å². The van der Waals surface area contributed by atoms with E-state index in [1.807, 2.05) is 25.3 Å². The van der Waals surface area contributed by atoms with Gasteiger partial charge in [0.05, 0.1) is 0 Å². The quantitative estimate of drug-likeness (QED) is 0.258. The van der Waals surface area contributed by atoms with E-state index in [0.29, 0.717) is 17.4 Å². The molecule has 0 fully saturated rings. The fourth-order valence-corrected chi connectivity index (χ4v) is 3.91. The van der Waals surface area contributed by atoms with E-state index < -0.39 is 0 Å². The Bertz CT molecular complexity index is 1060. The Morgan fingerprint density at radius 2 is 1.29 bits per heavy atom. The van der Waals surface area contributed by atoms with Gasteiger partial charge in [-0.25, -0.2) is 0 Å². The normalized spacial score (nSPS) is 12.7. The second-order valence-corrected chi connectivity index (χ2v) is 12.4. The number of benzene rings is 2. The van der Waals surface area contributed by atoms with Crippen molar-refractivity contribution in [2.45, 2.75) is 106 Å². The van der Waals surface area contributed by atoms with Crippen LogP contribution in [0.15, 0.2) is 34.3 Å². The van der Waals surface area contributed by atoms with Crippen molar-refractivity contribution in [2.75, 3.05) is 7.05 Å². The van der Waals surface area contributed by atoms with Crippen LogP contribution >= 0.6 is 0 Å². The minimum atomic E-state index is -0.0734. The molecule has 4 nitrogen and oxygen atoms in total. The third kappa shape index (κ3) is 12.0. The second kappa shape index (κ2) is 16.4. The molecule has 0 bridgehead atoms. The van der Waals surface area contributed by atoms with Gasteiger partial charge < -0.3 is 17.6 Å². The molecule has 2 aromatic carbocycles. The van der Waals surface area contributed by atoms with Crippen molar-refractivity contribution < 1.29 is 36.4 Å². The van der Waals surface area contributed by atoms with Gasteiger partial charge in [-0.1, -0.05) is 74.4 Å². The largest absolute Gasteiger partial charge is 0.507 e. The predicted molar refractivity (Wildman–Crippen MR) is 164 cm³/mol. The molecule has 0 radical (unpaired) electrons. The molecule has 5 heteroatoms. The monoisotopic (exact) mass is 599 g/mol. The van der Waals surface area contributed by atoms with Gasteiger partial charge in [0.1, 0.15) is 11.5 Å². The second-order valence-electron chi connectivity index (χ2n) is 12.4. The van der Waals surface area contributed by atoms with E-state index in [9.17, 15) is 10.2 Å². The molecule has 2 rings (SSSR count). The Morgan fingerprint density at radius 3 is 1.71 bits per heavy atom. The Hall–Kier alpha value is -1.74. The van der Waals surface area contributed by atoms with E-state index >= 15 is 0 Å². The van der Waals surface area contributed by atoms with Crippen molar-refractivity contribution in [3.63, 3.8) is 0 Å². The number of phenols is 2. The third-order valence-corrected chi connectivity index (χ3v) is 6.07. The summed E-state index contributed by atoms with van der Waals surface area (Å²) in [6, 6.07) is 8.49. The minimum Gasteiger partial charge on any atom is -0.507 e. The van der Waals surface area contributed by atoms with E-state index in [1.165, 1.54) is 5.56 Å². The summed E-state index contributed by atoms with van der Waals surface area (Å²) in [5.41, 5.74) is 5.91. The molecule has 0 aromatic heterocycles. The predicted octanol–water partition coefficient (Wildman–Crippen LogP) is 8.60. The molecule has 0 amide bonds. The first kappa shape index (κ1) is 38.4. The van der Waals surface area contributed by atoms with Crippen molar-refractivity contribution >= 4 is 12.4 Å². The molecule has 2 N–H and O–H groups in total. The average molecular weight is 601 g/mol. The topological polar surface area (TPSA) is 65.2 Å². The van der Waals surface area contributed by atoms with Crippen LogP contribution in [0.4, 0.5) is 0 Å². The van der Waals surface area contributed by atoms with Crippen LogP contribution in [0.1, 0.15) is 109 Å². The van der Waals surface area contributed by atoms with Crippen molar-refractivity contribution in [3.8, 4) is 11.5 Å². The SMILES string of the molecule is CCC(C)N=Cc1cc(CC(C)C)cc(C(C)(C)C)c1O.CN=Cc1cc(C)cc(C(C)(C)C)c1O.[CH3-].[Zr]. The molecule has 0 aliphatic rings. The molecular formula is C33H53N2O2Zr-. The van der Waals surface area contributed by atoms with E-state index in [1.54, 1.807) is 13.3 Å². The van der Waals surface area contributed by atoms with Crippen LogP contribution in [0.2, 0.25) is 0 Å². The Labute approximate surface area is 253 Å². The molecule has 0 heterocycles. The van der Waals surface area contributed by atoms with Crippen molar-refractivity contribution in [3.05, 3.63) is 65.1 Å². The number of aromatic hydroxyl groups is 2. The molecule has 0 aliphatic carbocycles. The van der Waals surface area contributed by atoms with Gasteiger partial charge in [0.2, 0.25) is 0 Å². The number of nitrogens with zero attached hydrogens (tertiary/aromatic N) is 2. The summed E-state index contributed by atoms with van der Waals surface area (Å²) in [5.74, 6) is 1.32. The summed E-state index contributed by atoms with van der Waals surface area (Å²) >= 11 is 0. The van der Waals surface area contributed by atoms with Crippen molar-refractivity contribution in [1.82, 2.24) is 0 Å². The molecule has 212 valence electrons.